The summed E-state index contributed by atoms with van der Waals surface area (Å²) in [5.74, 6) is 0.941. The van der Waals surface area contributed by atoms with Gasteiger partial charge in [-0.05, 0) is 32.9 Å². The highest BCUT2D eigenvalue weighted by Crippen LogP contribution is 2.17. The summed E-state index contributed by atoms with van der Waals surface area (Å²) in [7, 11) is 0. The first kappa shape index (κ1) is 12.2. The normalized spacial score (nSPS) is 17.0. The summed E-state index contributed by atoms with van der Waals surface area (Å²) in [5.41, 5.74) is 1.27. The lowest BCUT2D eigenvalue weighted by Crippen LogP contribution is -2.43. The minimum atomic E-state index is 0.0591. The molecule has 1 aliphatic rings. The molecule has 2 heterocycles. The third-order valence-electron chi connectivity index (χ3n) is 2.73. The maximum atomic E-state index is 4.47. The molecule has 0 amide bonds. The number of rotatable bonds is 2. The molecule has 4 heteroatoms. The number of nitrogens with zero attached hydrogens (tertiary/aromatic N) is 2. The molecule has 17 heavy (non-hydrogen) atoms. The van der Waals surface area contributed by atoms with Gasteiger partial charge in [-0.2, -0.15) is 0 Å². The van der Waals surface area contributed by atoms with Crippen molar-refractivity contribution in [2.75, 3.05) is 36.4 Å². The summed E-state index contributed by atoms with van der Waals surface area (Å²) in [6.45, 7) is 10.7. The van der Waals surface area contributed by atoms with Gasteiger partial charge in [0.25, 0.3) is 0 Å². The van der Waals surface area contributed by atoms with E-state index >= 15 is 0 Å². The molecule has 0 bridgehead atoms. The van der Waals surface area contributed by atoms with Crippen molar-refractivity contribution in [1.82, 2.24) is 10.3 Å². The van der Waals surface area contributed by atoms with Crippen molar-refractivity contribution in [1.29, 1.82) is 0 Å². The zero-order valence-corrected chi connectivity index (χ0v) is 11.0. The molecule has 1 saturated heterocycles. The Morgan fingerprint density at radius 1 is 1.24 bits per heavy atom. The smallest absolute Gasteiger partial charge is 0.126 e. The van der Waals surface area contributed by atoms with Crippen molar-refractivity contribution in [2.24, 2.45) is 0 Å². The SMILES string of the molecule is CC(C)(C)Nc1ccc(N2CCNCC2)cn1. The molecular formula is C13H22N4. The van der Waals surface area contributed by atoms with Crippen LogP contribution in [0.25, 0.3) is 0 Å². The van der Waals surface area contributed by atoms with Crippen LogP contribution in [0.5, 0.6) is 0 Å². The molecule has 4 nitrogen and oxygen atoms in total. The van der Waals surface area contributed by atoms with Gasteiger partial charge in [0.2, 0.25) is 0 Å². The summed E-state index contributed by atoms with van der Waals surface area (Å²) in [6, 6.07) is 4.20. The molecule has 1 fully saturated rings. The Bertz CT molecular complexity index is 347. The third kappa shape index (κ3) is 3.60. The molecule has 2 rings (SSSR count). The maximum Gasteiger partial charge on any atom is 0.126 e. The fourth-order valence-electron chi connectivity index (χ4n) is 1.95. The van der Waals surface area contributed by atoms with Crippen LogP contribution in [0.15, 0.2) is 18.3 Å². The second-order valence-electron chi connectivity index (χ2n) is 5.51. The van der Waals surface area contributed by atoms with Gasteiger partial charge in [-0.25, -0.2) is 4.98 Å². The van der Waals surface area contributed by atoms with Crippen LogP contribution in [0.1, 0.15) is 20.8 Å². The fourth-order valence-corrected chi connectivity index (χ4v) is 1.95. The highest BCUT2D eigenvalue weighted by Gasteiger charge is 2.12. The average molecular weight is 234 g/mol. The van der Waals surface area contributed by atoms with Gasteiger partial charge < -0.3 is 15.5 Å². The van der Waals surface area contributed by atoms with Crippen LogP contribution in [0.4, 0.5) is 11.5 Å². The van der Waals surface area contributed by atoms with E-state index in [1.54, 1.807) is 0 Å². The molecular weight excluding hydrogens is 212 g/mol. The lowest BCUT2D eigenvalue weighted by Gasteiger charge is -2.29. The Balaban J connectivity index is 2.02. The van der Waals surface area contributed by atoms with Crippen molar-refractivity contribution in [3.05, 3.63) is 18.3 Å². The first-order chi connectivity index (χ1) is 8.04. The largest absolute Gasteiger partial charge is 0.368 e. The summed E-state index contributed by atoms with van der Waals surface area (Å²) in [6.07, 6.45) is 1.96. The minimum Gasteiger partial charge on any atom is -0.368 e. The quantitative estimate of drug-likeness (QED) is 0.817. The van der Waals surface area contributed by atoms with Crippen LogP contribution < -0.4 is 15.5 Å². The lowest BCUT2D eigenvalue weighted by atomic mass is 10.1. The molecule has 94 valence electrons. The fraction of sp³-hybridized carbons (Fsp3) is 0.615. The summed E-state index contributed by atoms with van der Waals surface area (Å²) in [4.78, 5) is 6.83. The first-order valence-electron chi connectivity index (χ1n) is 6.24. The number of anilines is 2. The molecule has 0 unspecified atom stereocenters. The van der Waals surface area contributed by atoms with Crippen molar-refractivity contribution in [3.63, 3.8) is 0 Å². The Labute approximate surface area is 103 Å². The van der Waals surface area contributed by atoms with Gasteiger partial charge in [-0.3, -0.25) is 0 Å². The summed E-state index contributed by atoms with van der Waals surface area (Å²) < 4.78 is 0. The van der Waals surface area contributed by atoms with Crippen LogP contribution in [-0.4, -0.2) is 36.7 Å². The topological polar surface area (TPSA) is 40.2 Å². The Morgan fingerprint density at radius 2 is 1.94 bits per heavy atom. The number of nitrogens with one attached hydrogen (secondary N) is 2. The van der Waals surface area contributed by atoms with Gasteiger partial charge in [0.15, 0.2) is 0 Å². The predicted molar refractivity (Wildman–Crippen MR) is 72.7 cm³/mol. The van der Waals surface area contributed by atoms with Crippen LogP contribution in [0.2, 0.25) is 0 Å². The summed E-state index contributed by atoms with van der Waals surface area (Å²) in [5, 5.41) is 6.72. The van der Waals surface area contributed by atoms with Crippen molar-refractivity contribution in [2.45, 2.75) is 26.3 Å². The van der Waals surface area contributed by atoms with Gasteiger partial charge in [-0.1, -0.05) is 0 Å². The number of pyridine rings is 1. The second-order valence-corrected chi connectivity index (χ2v) is 5.51. The number of hydrogen-bond acceptors (Lipinski definition) is 4. The van der Waals surface area contributed by atoms with Crippen LogP contribution >= 0.6 is 0 Å². The van der Waals surface area contributed by atoms with Crippen molar-refractivity contribution < 1.29 is 0 Å². The average Bonchev–Trinajstić information content (AvgIpc) is 2.29. The van der Waals surface area contributed by atoms with E-state index in [4.69, 9.17) is 0 Å². The second kappa shape index (κ2) is 4.92. The predicted octanol–water partition coefficient (Wildman–Crippen LogP) is 1.70. The van der Waals surface area contributed by atoms with Crippen LogP contribution in [-0.2, 0) is 0 Å². The van der Waals surface area contributed by atoms with Crippen LogP contribution in [0.3, 0.4) is 0 Å². The van der Waals surface area contributed by atoms with Crippen molar-refractivity contribution >= 4 is 11.5 Å². The molecule has 0 atom stereocenters. The van der Waals surface area contributed by atoms with E-state index in [9.17, 15) is 0 Å². The van der Waals surface area contributed by atoms with Gasteiger partial charge >= 0.3 is 0 Å². The van der Waals surface area contributed by atoms with E-state index in [0.29, 0.717) is 0 Å². The molecule has 0 aliphatic carbocycles. The third-order valence-corrected chi connectivity index (χ3v) is 2.73. The molecule has 0 saturated carbocycles. The Morgan fingerprint density at radius 3 is 2.47 bits per heavy atom. The van der Waals surface area contributed by atoms with Gasteiger partial charge in [0.05, 0.1) is 11.9 Å². The van der Waals surface area contributed by atoms with Gasteiger partial charge in [-0.15, -0.1) is 0 Å². The highest BCUT2D eigenvalue weighted by atomic mass is 15.2. The van der Waals surface area contributed by atoms with Crippen molar-refractivity contribution in [3.8, 4) is 0 Å². The first-order valence-corrected chi connectivity index (χ1v) is 6.24. The molecule has 1 aromatic heterocycles. The minimum absolute atomic E-state index is 0.0591. The molecule has 1 aliphatic heterocycles. The van der Waals surface area contributed by atoms with E-state index in [-0.39, 0.29) is 5.54 Å². The monoisotopic (exact) mass is 234 g/mol. The van der Waals surface area contributed by atoms with Crippen LogP contribution in [0, 0.1) is 0 Å². The van der Waals surface area contributed by atoms with Gasteiger partial charge in [0, 0.05) is 31.7 Å². The Hall–Kier alpha value is -1.29. The lowest BCUT2D eigenvalue weighted by molar-refractivity contribution is 0.588. The van der Waals surface area contributed by atoms with E-state index in [1.807, 2.05) is 6.20 Å². The standard InChI is InChI=1S/C13H22N4/c1-13(2,3)16-12-5-4-11(10-15-12)17-8-6-14-7-9-17/h4-5,10,14H,6-9H2,1-3H3,(H,15,16). The summed E-state index contributed by atoms with van der Waals surface area (Å²) >= 11 is 0. The highest BCUT2D eigenvalue weighted by molar-refractivity contribution is 5.50. The molecule has 1 aromatic rings. The van der Waals surface area contributed by atoms with E-state index in [1.165, 1.54) is 5.69 Å². The van der Waals surface area contributed by atoms with E-state index < -0.39 is 0 Å². The zero-order valence-electron chi connectivity index (χ0n) is 11.0. The number of aromatic nitrogens is 1. The molecule has 0 spiro atoms. The van der Waals surface area contributed by atoms with E-state index in [0.717, 1.165) is 32.0 Å². The number of hydrogen-bond donors (Lipinski definition) is 2. The molecule has 2 N–H and O–H groups in total. The molecule has 0 aromatic carbocycles. The maximum absolute atomic E-state index is 4.47. The molecule has 0 radical (unpaired) electrons. The van der Waals surface area contributed by atoms with E-state index in [2.05, 4.69) is 53.4 Å². The zero-order chi connectivity index (χ0) is 12.3. The number of piperazine rings is 1. The van der Waals surface area contributed by atoms with Gasteiger partial charge in [0.1, 0.15) is 5.82 Å². The Kier molecular flexibility index (Phi) is 3.52.